The summed E-state index contributed by atoms with van der Waals surface area (Å²) in [4.78, 5) is 39.7. The Labute approximate surface area is 715 Å². The van der Waals surface area contributed by atoms with Gasteiger partial charge in [0.2, 0.25) is 0 Å². The molecule has 1 unspecified atom stereocenters. The number of thiocarbonyl (C=S) groups is 1. The fraction of sp³-hybridized carbons (Fsp3) is 0.418. The minimum absolute atomic E-state index is 0.0351. The zero-order valence-electron chi connectivity index (χ0n) is 67.3. The normalized spacial score (nSPS) is 25.9. The first-order valence-corrected chi connectivity index (χ1v) is 42.2. The van der Waals surface area contributed by atoms with E-state index in [1.54, 1.807) is 90.6 Å². The highest BCUT2D eigenvalue weighted by Crippen LogP contribution is 2.49. The van der Waals surface area contributed by atoms with Crippen molar-refractivity contribution in [2.45, 2.75) is 59.6 Å². The molecule has 10 aliphatic rings. The number of ketones is 2. The van der Waals surface area contributed by atoms with E-state index >= 15 is 0 Å². The van der Waals surface area contributed by atoms with Crippen molar-refractivity contribution in [3.8, 4) is 0 Å². The van der Waals surface area contributed by atoms with Gasteiger partial charge in [-0.05, 0) is 47.9 Å². The number of thioether (sulfide) groups is 2. The molecule has 17 rings (SSSR count). The third-order valence-corrected chi connectivity index (χ3v) is 24.8. The number of halogens is 5. The second-order valence-corrected chi connectivity index (χ2v) is 32.8. The topological polar surface area (TPSA) is 309 Å². The number of Topliss-reactive ketones (excluding diaryl/α,β-unsaturated/α-hetero) is 2. The van der Waals surface area contributed by atoms with Crippen molar-refractivity contribution in [1.82, 2.24) is 0 Å². The number of aliphatic imine (C=N–C) groups is 2. The monoisotopic (exact) mass is 1730 g/mol. The van der Waals surface area contributed by atoms with Crippen LogP contribution in [0.15, 0.2) is 228 Å². The van der Waals surface area contributed by atoms with E-state index in [0.29, 0.717) is 160 Å². The Morgan fingerprint density at radius 3 is 1.55 bits per heavy atom. The number of rotatable bonds is 23. The molecule has 22 nitrogen and oxygen atoms in total. The van der Waals surface area contributed by atoms with Gasteiger partial charge < -0.3 is 79.5 Å². The summed E-state index contributed by atoms with van der Waals surface area (Å²) >= 11 is 8.61. The number of aliphatic hydroxyl groups is 3. The summed E-state index contributed by atoms with van der Waals surface area (Å²) in [5.74, 6) is 0.917. The number of hydrogen-bond donors (Lipinski definition) is 6. The molecule has 0 radical (unpaired) electrons. The molecular formula is C91H105F5N6O16S3. The Morgan fingerprint density at radius 1 is 0.537 bits per heavy atom. The zero-order valence-corrected chi connectivity index (χ0v) is 69.7. The molecule has 30 heteroatoms. The number of hydrogen-bond acceptors (Lipinski definition) is 25. The van der Waals surface area contributed by atoms with E-state index in [0.717, 1.165) is 41.0 Å². The Kier molecular flexibility index (Phi) is 36.7. The van der Waals surface area contributed by atoms with Gasteiger partial charge in [-0.25, -0.2) is 26.9 Å². The van der Waals surface area contributed by atoms with Crippen LogP contribution in [0.1, 0.15) is 80.6 Å². The van der Waals surface area contributed by atoms with Crippen LogP contribution in [0.25, 0.3) is 0 Å². The standard InChI is InChI=1S/C21H21FO3S.C20H18FNO2S.C12H13FN2OS.C12H13FO2.C11H14FNO2.C5H7NO2.C5H9NO2.C5H10O2/c22-19-9-5-4-8-18(19)21(14-25-13-16(21)12-23)11-17(26)10-20(24)15-6-2-1-3-7-15;21-17-9-5-4-8-16(17)20-13-24-11-15(20)12-25-19(22-20)10-18(23)14-6-2-1-3-7-14;13-10-4-2-1-3-9(10)12-7-16-5-8(12)6-17-11(14)15-12;13-11-4-2-1-3-10(11)12-7-14-5-9(12)6-15-8-12;12-10-4-2-1-3-9(10)11(13)7-15-6-8(11)5-14;1-4-2-8-6-5(4)3-7-1;1-2-8-5-3-4-6-7;1-2-7-5-3-4-6/h1-9,16,23H,10-14H2;1-9,15H,10-13H2;1-4,8H,5-7H2,(H2,14,15);1-4,9H,5-8H2;1-4,8,14H,5-7,13H2;4H,1-3H2;2,4,7H,1,3,5H2;2,6H,1,3-5H2/t16-,21-;15-,20-;8-,12-;;8-,11+;;;/m100.1.../s1. The molecule has 10 aliphatic heterocycles. The fourth-order valence-corrected chi connectivity index (χ4v) is 18.4. The highest BCUT2D eigenvalue weighted by Gasteiger charge is 2.53. The number of oxime groups is 2. The van der Waals surface area contributed by atoms with Crippen LogP contribution in [0.5, 0.6) is 0 Å². The molecule has 7 aromatic rings. The lowest BCUT2D eigenvalue weighted by atomic mass is 9.69. The van der Waals surface area contributed by atoms with Crippen molar-refractivity contribution in [1.29, 1.82) is 0 Å². The largest absolute Gasteiger partial charge is 0.502 e. The van der Waals surface area contributed by atoms with Gasteiger partial charge in [-0.15, -0.1) is 16.9 Å². The van der Waals surface area contributed by atoms with Crippen LogP contribution in [0.2, 0.25) is 0 Å². The summed E-state index contributed by atoms with van der Waals surface area (Å²) < 4.78 is 118. The number of carbonyl (C=O) groups excluding carboxylic acids is 2. The van der Waals surface area contributed by atoms with Crippen molar-refractivity contribution in [3.63, 3.8) is 0 Å². The van der Waals surface area contributed by atoms with E-state index in [1.165, 1.54) is 60.8 Å². The Bertz CT molecular complexity index is 4630. The van der Waals surface area contributed by atoms with Gasteiger partial charge in [0.1, 0.15) is 46.8 Å². The maximum Gasteiger partial charge on any atom is 0.169 e. The van der Waals surface area contributed by atoms with Crippen LogP contribution in [-0.2, 0) is 74.9 Å². The van der Waals surface area contributed by atoms with E-state index < -0.39 is 22.0 Å². The second-order valence-electron chi connectivity index (χ2n) is 30.1. The van der Waals surface area contributed by atoms with Gasteiger partial charge in [-0.1, -0.05) is 194 Å². The third kappa shape index (κ3) is 24.1. The molecule has 0 aromatic heterocycles. The molecule has 7 aromatic carbocycles. The number of benzene rings is 7. The first-order valence-electron chi connectivity index (χ1n) is 39.9. The van der Waals surface area contributed by atoms with Crippen molar-refractivity contribution in [3.05, 3.63) is 276 Å². The molecule has 121 heavy (non-hydrogen) atoms. The van der Waals surface area contributed by atoms with Crippen LogP contribution in [0.3, 0.4) is 0 Å². The summed E-state index contributed by atoms with van der Waals surface area (Å²) in [6, 6.07) is 51.6. The zero-order chi connectivity index (χ0) is 86.1. The van der Waals surface area contributed by atoms with Gasteiger partial charge in [-0.2, -0.15) is 0 Å². The lowest BCUT2D eigenvalue weighted by molar-refractivity contribution is 0.0992. The van der Waals surface area contributed by atoms with Gasteiger partial charge in [0.25, 0.3) is 0 Å². The summed E-state index contributed by atoms with van der Waals surface area (Å²) in [6.07, 6.45) is 6.08. The van der Waals surface area contributed by atoms with Gasteiger partial charge in [0.15, 0.2) is 16.7 Å². The van der Waals surface area contributed by atoms with E-state index in [4.69, 9.17) is 81.7 Å². The first-order chi connectivity index (χ1) is 58.8. The van der Waals surface area contributed by atoms with E-state index in [1.807, 2.05) is 72.8 Å². The number of ether oxygens (including phenoxy) is 9. The Hall–Kier alpha value is -8.96. The predicted molar refractivity (Wildman–Crippen MR) is 460 cm³/mol. The van der Waals surface area contributed by atoms with Crippen molar-refractivity contribution < 1.29 is 99.5 Å². The number of fused-ring (bicyclic) bond motifs is 4. The second kappa shape index (κ2) is 47.1. The van der Waals surface area contributed by atoms with Crippen molar-refractivity contribution in [2.24, 2.45) is 67.3 Å². The van der Waals surface area contributed by atoms with Gasteiger partial charge in [0, 0.05) is 118 Å². The number of carbonyl (C=O) groups is 2. The van der Waals surface area contributed by atoms with E-state index in [-0.39, 0.29) is 116 Å². The van der Waals surface area contributed by atoms with Crippen LogP contribution in [-0.4, -0.2) is 203 Å². The molecule has 10 heterocycles. The quantitative estimate of drug-likeness (QED) is 0.00507. The number of nitrogens with zero attached hydrogens (tertiary/aromatic N) is 4. The highest BCUT2D eigenvalue weighted by atomic mass is 32.2. The lowest BCUT2D eigenvalue weighted by Gasteiger charge is -2.35. The van der Waals surface area contributed by atoms with Gasteiger partial charge in [-0.3, -0.25) is 14.6 Å². The molecule has 0 saturated carbocycles. The minimum atomic E-state index is -0.903. The number of amidine groups is 1. The average Bonchev–Trinajstić information content (AvgIpc) is 1.63. The maximum atomic E-state index is 14.5. The molecule has 0 amide bonds. The summed E-state index contributed by atoms with van der Waals surface area (Å²) in [5.41, 5.74) is 13.9. The molecule has 0 bridgehead atoms. The van der Waals surface area contributed by atoms with Gasteiger partial charge in [0.05, 0.1) is 159 Å². The van der Waals surface area contributed by atoms with E-state index in [9.17, 15) is 41.8 Å². The van der Waals surface area contributed by atoms with Crippen LogP contribution >= 0.6 is 35.7 Å². The summed E-state index contributed by atoms with van der Waals surface area (Å²) in [5, 5.41) is 42.9. The third-order valence-electron chi connectivity index (χ3n) is 22.4. The summed E-state index contributed by atoms with van der Waals surface area (Å²) in [6.45, 7) is 15.7. The van der Waals surface area contributed by atoms with Gasteiger partial charge >= 0.3 is 0 Å². The summed E-state index contributed by atoms with van der Waals surface area (Å²) in [7, 11) is 0. The molecule has 648 valence electrons. The molecule has 0 spiro atoms. The van der Waals surface area contributed by atoms with E-state index in [2.05, 4.69) is 33.2 Å². The van der Waals surface area contributed by atoms with Crippen LogP contribution in [0, 0.1) is 64.6 Å². The molecule has 9 atom stereocenters. The first kappa shape index (κ1) is 94.3. The molecule has 7 saturated heterocycles. The highest BCUT2D eigenvalue weighted by molar-refractivity contribution is 8.14. The Balaban J connectivity index is 0.000000151. The van der Waals surface area contributed by atoms with Crippen LogP contribution in [0.4, 0.5) is 22.0 Å². The van der Waals surface area contributed by atoms with Crippen LogP contribution < -0.4 is 11.5 Å². The fourth-order valence-electron chi connectivity index (χ4n) is 15.8. The predicted octanol–water partition coefficient (Wildman–Crippen LogP) is 13.5. The van der Waals surface area contributed by atoms with Crippen molar-refractivity contribution in [2.75, 3.05) is 144 Å². The molecular weight excluding hydrogens is 1620 g/mol. The minimum Gasteiger partial charge on any atom is -0.502 e. The SMILES string of the molecule is C1OCC2CON=C12.C=COCCC=NO.C=COCCCO.Fc1ccccc1C12COCC1COC2.NC1=N[C@@]2(c3ccccc3F)COC[C@H]2CS1.N[C@@]1(c2ccccc2F)COC[C@H]1CO.O=C(CC(=S)C[C@@]1(c2ccccc2F)COC[C@H]1CO)c1ccccc1.O=C(CC1=N[C@@]2(c3ccccc3F)COC[C@H]2CS1)c1ccccc1. The molecule has 8 N–H and O–H groups in total. The molecule has 0 aliphatic carbocycles. The lowest BCUT2D eigenvalue weighted by Crippen LogP contribution is -2.45. The smallest absolute Gasteiger partial charge is 0.169 e. The number of nitrogens with two attached hydrogens (primary N) is 2. The average molecular weight is 1730 g/mol. The Morgan fingerprint density at radius 2 is 1.01 bits per heavy atom. The maximum absolute atomic E-state index is 14.5. The molecule has 7 fully saturated rings. The van der Waals surface area contributed by atoms with Crippen molar-refractivity contribution >= 4 is 74.3 Å². The number of aliphatic hydroxyl groups excluding tert-OH is 3.